The summed E-state index contributed by atoms with van der Waals surface area (Å²) >= 11 is 0. The lowest BCUT2D eigenvalue weighted by Crippen LogP contribution is -2.37. The summed E-state index contributed by atoms with van der Waals surface area (Å²) in [7, 11) is 0. The van der Waals surface area contributed by atoms with Crippen LogP contribution >= 0.6 is 0 Å². The quantitative estimate of drug-likeness (QED) is 0.808. The summed E-state index contributed by atoms with van der Waals surface area (Å²) in [4.78, 5) is 12.0. The van der Waals surface area contributed by atoms with Crippen molar-refractivity contribution in [2.75, 3.05) is 5.32 Å². The highest BCUT2D eigenvalue weighted by atomic mass is 19.1. The molecule has 0 fully saturated rings. The van der Waals surface area contributed by atoms with Gasteiger partial charge in [-0.05, 0) is 54.8 Å². The molecule has 0 bridgehead atoms. The zero-order chi connectivity index (χ0) is 15.4. The molecule has 2 aromatic rings. The number of carbonyl (C=O) groups excluding carboxylic acids is 1. The molecular weight excluding hydrogens is 271 g/mol. The first-order chi connectivity index (χ1) is 9.94. The Morgan fingerprint density at radius 2 is 1.95 bits per heavy atom. The Bertz CT molecular complexity index is 621. The van der Waals surface area contributed by atoms with E-state index in [1.807, 2.05) is 0 Å². The van der Waals surface area contributed by atoms with E-state index in [1.54, 1.807) is 25.1 Å². The largest absolute Gasteiger partial charge is 0.508 e. The first kappa shape index (κ1) is 15.0. The molecule has 21 heavy (non-hydrogen) atoms. The number of phenolic OH excluding ortho intramolecular Hbond substituents is 1. The number of halogens is 1. The summed E-state index contributed by atoms with van der Waals surface area (Å²) in [5.74, 6) is -0.627. The fraction of sp³-hybridized carbons (Fsp3) is 0.188. The number of hydrogen-bond acceptors (Lipinski definition) is 3. The second-order valence-corrected chi connectivity index (χ2v) is 4.98. The number of rotatable bonds is 4. The number of phenols is 1. The topological polar surface area (TPSA) is 75.4 Å². The first-order valence-corrected chi connectivity index (χ1v) is 6.55. The average Bonchev–Trinajstić information content (AvgIpc) is 2.40. The third-order valence-electron chi connectivity index (χ3n) is 3.04. The number of nitrogens with one attached hydrogen (secondary N) is 1. The highest BCUT2D eigenvalue weighted by molar-refractivity contribution is 5.94. The maximum atomic E-state index is 13.3. The van der Waals surface area contributed by atoms with Crippen molar-refractivity contribution in [2.24, 2.45) is 5.73 Å². The minimum absolute atomic E-state index is 0.159. The highest BCUT2D eigenvalue weighted by Crippen LogP contribution is 2.15. The Kier molecular flexibility index (Phi) is 4.55. The molecule has 0 heterocycles. The molecule has 0 spiro atoms. The van der Waals surface area contributed by atoms with E-state index >= 15 is 0 Å². The number of anilines is 1. The molecule has 4 nitrogen and oxygen atoms in total. The molecule has 0 saturated heterocycles. The van der Waals surface area contributed by atoms with Crippen molar-refractivity contribution in [1.82, 2.24) is 0 Å². The lowest BCUT2D eigenvalue weighted by molar-refractivity contribution is -0.117. The minimum Gasteiger partial charge on any atom is -0.508 e. The van der Waals surface area contributed by atoms with E-state index in [0.717, 1.165) is 11.1 Å². The molecule has 110 valence electrons. The van der Waals surface area contributed by atoms with Crippen LogP contribution in [0.25, 0.3) is 0 Å². The number of aryl methyl sites for hydroxylation is 1. The maximum Gasteiger partial charge on any atom is 0.241 e. The SMILES string of the molecule is Cc1cc(F)cc(NC(=O)[C@H](N)Cc2ccc(O)cc2)c1. The van der Waals surface area contributed by atoms with Gasteiger partial charge in [0.25, 0.3) is 0 Å². The summed E-state index contributed by atoms with van der Waals surface area (Å²) in [6.45, 7) is 1.75. The molecular formula is C16H17FN2O2. The smallest absolute Gasteiger partial charge is 0.241 e. The predicted octanol–water partition coefficient (Wildman–Crippen LogP) is 2.35. The Morgan fingerprint density at radius 1 is 1.29 bits per heavy atom. The molecule has 2 aromatic carbocycles. The van der Waals surface area contributed by atoms with E-state index in [0.29, 0.717) is 12.1 Å². The van der Waals surface area contributed by atoms with E-state index in [9.17, 15) is 14.3 Å². The van der Waals surface area contributed by atoms with E-state index in [2.05, 4.69) is 5.32 Å². The van der Waals surface area contributed by atoms with Gasteiger partial charge in [0, 0.05) is 5.69 Å². The fourth-order valence-electron chi connectivity index (χ4n) is 2.02. The van der Waals surface area contributed by atoms with Crippen molar-refractivity contribution in [3.8, 4) is 5.75 Å². The standard InChI is InChI=1S/C16H17FN2O2/c1-10-6-12(17)9-13(7-10)19-16(21)15(18)8-11-2-4-14(20)5-3-11/h2-7,9,15,20H,8,18H2,1H3,(H,19,21)/t15-/m1/s1. The Labute approximate surface area is 122 Å². The molecule has 0 unspecified atom stereocenters. The number of hydrogen-bond donors (Lipinski definition) is 3. The number of carbonyl (C=O) groups is 1. The van der Waals surface area contributed by atoms with E-state index < -0.39 is 11.9 Å². The van der Waals surface area contributed by atoms with Crippen molar-refractivity contribution >= 4 is 11.6 Å². The number of amides is 1. The zero-order valence-electron chi connectivity index (χ0n) is 11.6. The van der Waals surface area contributed by atoms with Gasteiger partial charge in [-0.25, -0.2) is 4.39 Å². The van der Waals surface area contributed by atoms with Gasteiger partial charge in [-0.3, -0.25) is 4.79 Å². The van der Waals surface area contributed by atoms with Crippen LogP contribution in [-0.4, -0.2) is 17.1 Å². The van der Waals surface area contributed by atoms with E-state index in [1.165, 1.54) is 24.3 Å². The van der Waals surface area contributed by atoms with Crippen molar-refractivity contribution < 1.29 is 14.3 Å². The van der Waals surface area contributed by atoms with Crippen molar-refractivity contribution in [2.45, 2.75) is 19.4 Å². The van der Waals surface area contributed by atoms with E-state index in [-0.39, 0.29) is 11.7 Å². The molecule has 0 aliphatic rings. The van der Waals surface area contributed by atoms with Gasteiger partial charge >= 0.3 is 0 Å². The summed E-state index contributed by atoms with van der Waals surface area (Å²) in [5, 5.41) is 11.8. The first-order valence-electron chi connectivity index (χ1n) is 6.55. The highest BCUT2D eigenvalue weighted by Gasteiger charge is 2.14. The molecule has 0 saturated carbocycles. The summed E-state index contributed by atoms with van der Waals surface area (Å²) in [5.41, 5.74) is 7.79. The number of benzene rings is 2. The average molecular weight is 288 g/mol. The van der Waals surface area contributed by atoms with Gasteiger partial charge in [0.1, 0.15) is 11.6 Å². The lowest BCUT2D eigenvalue weighted by Gasteiger charge is -2.13. The van der Waals surface area contributed by atoms with Crippen LogP contribution in [0.15, 0.2) is 42.5 Å². The third-order valence-corrected chi connectivity index (χ3v) is 3.04. The van der Waals surface area contributed by atoms with Gasteiger partial charge in [-0.15, -0.1) is 0 Å². The van der Waals surface area contributed by atoms with Gasteiger partial charge in [0.2, 0.25) is 5.91 Å². The molecule has 0 radical (unpaired) electrons. The van der Waals surface area contributed by atoms with Crippen molar-refractivity contribution in [3.05, 3.63) is 59.4 Å². The van der Waals surface area contributed by atoms with Gasteiger partial charge in [-0.1, -0.05) is 12.1 Å². The van der Waals surface area contributed by atoms with E-state index in [4.69, 9.17) is 5.73 Å². The van der Waals surface area contributed by atoms with Gasteiger partial charge < -0.3 is 16.2 Å². The Hall–Kier alpha value is -2.40. The lowest BCUT2D eigenvalue weighted by atomic mass is 10.1. The molecule has 1 atom stereocenters. The monoisotopic (exact) mass is 288 g/mol. The van der Waals surface area contributed by atoms with Crippen LogP contribution in [0.5, 0.6) is 5.75 Å². The Morgan fingerprint density at radius 3 is 2.57 bits per heavy atom. The maximum absolute atomic E-state index is 13.3. The molecule has 1 amide bonds. The predicted molar refractivity (Wildman–Crippen MR) is 79.6 cm³/mol. The number of aromatic hydroxyl groups is 1. The second kappa shape index (κ2) is 6.37. The molecule has 0 aliphatic carbocycles. The van der Waals surface area contributed by atoms with Crippen LogP contribution in [0.3, 0.4) is 0 Å². The second-order valence-electron chi connectivity index (χ2n) is 4.98. The summed E-state index contributed by atoms with van der Waals surface area (Å²) in [6, 6.07) is 10.0. The minimum atomic E-state index is -0.752. The number of nitrogens with two attached hydrogens (primary N) is 1. The molecule has 0 aromatic heterocycles. The van der Waals surface area contributed by atoms with Crippen molar-refractivity contribution in [3.63, 3.8) is 0 Å². The van der Waals surface area contributed by atoms with Gasteiger partial charge in [0.15, 0.2) is 0 Å². The summed E-state index contributed by atoms with van der Waals surface area (Å²) in [6.07, 6.45) is 0.334. The fourth-order valence-corrected chi connectivity index (χ4v) is 2.02. The van der Waals surface area contributed by atoms with Crippen LogP contribution in [0.4, 0.5) is 10.1 Å². The summed E-state index contributed by atoms with van der Waals surface area (Å²) < 4.78 is 13.3. The van der Waals surface area contributed by atoms with Crippen LogP contribution in [-0.2, 0) is 11.2 Å². The third kappa shape index (κ3) is 4.29. The molecule has 4 N–H and O–H groups in total. The zero-order valence-corrected chi connectivity index (χ0v) is 11.6. The van der Waals surface area contributed by atoms with Crippen LogP contribution in [0, 0.1) is 12.7 Å². The molecule has 0 aliphatic heterocycles. The molecule has 2 rings (SSSR count). The normalized spacial score (nSPS) is 12.0. The Balaban J connectivity index is 2.00. The van der Waals surface area contributed by atoms with Crippen LogP contribution < -0.4 is 11.1 Å². The van der Waals surface area contributed by atoms with Gasteiger partial charge in [0.05, 0.1) is 6.04 Å². The van der Waals surface area contributed by atoms with Gasteiger partial charge in [-0.2, -0.15) is 0 Å². The van der Waals surface area contributed by atoms with Crippen LogP contribution in [0.2, 0.25) is 0 Å². The van der Waals surface area contributed by atoms with Crippen molar-refractivity contribution in [1.29, 1.82) is 0 Å². The molecule has 5 heteroatoms. The van der Waals surface area contributed by atoms with Crippen LogP contribution in [0.1, 0.15) is 11.1 Å².